The molecule has 1 unspecified atom stereocenters. The lowest BCUT2D eigenvalue weighted by Gasteiger charge is -2.21. The summed E-state index contributed by atoms with van der Waals surface area (Å²) >= 11 is 0. The fraction of sp³-hybridized carbons (Fsp3) is 0.733. The van der Waals surface area contributed by atoms with Gasteiger partial charge in [0.15, 0.2) is 0 Å². The molecule has 1 atom stereocenters. The van der Waals surface area contributed by atoms with Crippen molar-refractivity contribution in [2.45, 2.75) is 64.8 Å². The molecule has 0 bridgehead atoms. The Labute approximate surface area is 110 Å². The molecule has 1 aromatic rings. The largest absolute Gasteiger partial charge is 0.310 e. The van der Waals surface area contributed by atoms with Crippen molar-refractivity contribution >= 4 is 0 Å². The predicted octanol–water partition coefficient (Wildman–Crippen LogP) is 3.50. The van der Waals surface area contributed by atoms with Gasteiger partial charge in [-0.25, -0.2) is 9.97 Å². The van der Waals surface area contributed by atoms with E-state index in [1.165, 1.54) is 37.7 Å². The van der Waals surface area contributed by atoms with Crippen molar-refractivity contribution in [1.29, 1.82) is 0 Å². The van der Waals surface area contributed by atoms with E-state index in [1.807, 2.05) is 6.20 Å². The summed E-state index contributed by atoms with van der Waals surface area (Å²) in [5, 5.41) is 3.42. The van der Waals surface area contributed by atoms with Crippen LogP contribution in [-0.4, -0.2) is 16.5 Å². The standard InChI is InChI=1S/C15H25N3/c1-4-16-11(2)14-10-17-15(18-12(14)3)13-8-6-5-7-9-13/h10-11,13,16H,4-9H2,1-3H3. The molecule has 1 aliphatic rings. The molecule has 0 aromatic carbocycles. The zero-order chi connectivity index (χ0) is 13.0. The fourth-order valence-corrected chi connectivity index (χ4v) is 2.89. The quantitative estimate of drug-likeness (QED) is 0.885. The van der Waals surface area contributed by atoms with Crippen LogP contribution in [0.2, 0.25) is 0 Å². The van der Waals surface area contributed by atoms with Crippen LogP contribution in [0.25, 0.3) is 0 Å². The highest BCUT2D eigenvalue weighted by Crippen LogP contribution is 2.31. The molecule has 3 heteroatoms. The number of aryl methyl sites for hydroxylation is 1. The molecule has 1 N–H and O–H groups in total. The third kappa shape index (κ3) is 3.08. The van der Waals surface area contributed by atoms with E-state index in [1.54, 1.807) is 0 Å². The van der Waals surface area contributed by atoms with Gasteiger partial charge in [0.2, 0.25) is 0 Å². The van der Waals surface area contributed by atoms with E-state index in [0.29, 0.717) is 12.0 Å². The highest BCUT2D eigenvalue weighted by molar-refractivity contribution is 5.20. The van der Waals surface area contributed by atoms with Gasteiger partial charge in [-0.05, 0) is 33.2 Å². The third-order valence-electron chi connectivity index (χ3n) is 3.98. The summed E-state index contributed by atoms with van der Waals surface area (Å²) < 4.78 is 0. The summed E-state index contributed by atoms with van der Waals surface area (Å²) in [6.07, 6.45) is 8.61. The Morgan fingerprint density at radius 1 is 1.33 bits per heavy atom. The van der Waals surface area contributed by atoms with E-state index in [0.717, 1.165) is 18.1 Å². The molecule has 1 aliphatic carbocycles. The number of rotatable bonds is 4. The first kappa shape index (κ1) is 13.5. The van der Waals surface area contributed by atoms with Gasteiger partial charge in [0.05, 0.1) is 0 Å². The van der Waals surface area contributed by atoms with Crippen molar-refractivity contribution in [3.63, 3.8) is 0 Å². The van der Waals surface area contributed by atoms with E-state index < -0.39 is 0 Å². The minimum Gasteiger partial charge on any atom is -0.310 e. The zero-order valence-electron chi connectivity index (χ0n) is 11.9. The number of hydrogen-bond donors (Lipinski definition) is 1. The van der Waals surface area contributed by atoms with Crippen LogP contribution in [0.15, 0.2) is 6.20 Å². The van der Waals surface area contributed by atoms with Gasteiger partial charge in [-0.1, -0.05) is 26.2 Å². The van der Waals surface area contributed by atoms with Crippen molar-refractivity contribution in [2.24, 2.45) is 0 Å². The first-order valence-corrected chi connectivity index (χ1v) is 7.29. The second-order valence-corrected chi connectivity index (χ2v) is 5.38. The van der Waals surface area contributed by atoms with Crippen LogP contribution in [0, 0.1) is 6.92 Å². The molecule has 1 aromatic heterocycles. The minimum absolute atomic E-state index is 0.343. The molecule has 3 nitrogen and oxygen atoms in total. The van der Waals surface area contributed by atoms with E-state index in [4.69, 9.17) is 4.98 Å². The molecule has 0 saturated heterocycles. The summed E-state index contributed by atoms with van der Waals surface area (Å²) in [4.78, 5) is 9.36. The lowest BCUT2D eigenvalue weighted by atomic mass is 9.88. The normalized spacial score (nSPS) is 18.8. The van der Waals surface area contributed by atoms with Crippen molar-refractivity contribution < 1.29 is 0 Å². The molecule has 1 saturated carbocycles. The van der Waals surface area contributed by atoms with Crippen molar-refractivity contribution in [3.05, 3.63) is 23.3 Å². The van der Waals surface area contributed by atoms with E-state index in [-0.39, 0.29) is 0 Å². The van der Waals surface area contributed by atoms with E-state index in [9.17, 15) is 0 Å². The van der Waals surface area contributed by atoms with Crippen molar-refractivity contribution in [3.8, 4) is 0 Å². The summed E-state index contributed by atoms with van der Waals surface area (Å²) in [6, 6.07) is 0.343. The SMILES string of the molecule is CCNC(C)c1cnc(C2CCCCC2)nc1C. The van der Waals surface area contributed by atoms with E-state index in [2.05, 4.69) is 31.1 Å². The van der Waals surface area contributed by atoms with Crippen molar-refractivity contribution in [2.75, 3.05) is 6.54 Å². The average Bonchev–Trinajstić information content (AvgIpc) is 2.40. The molecular weight excluding hydrogens is 222 g/mol. The second kappa shape index (κ2) is 6.28. The third-order valence-corrected chi connectivity index (χ3v) is 3.98. The van der Waals surface area contributed by atoms with Gasteiger partial charge in [0.25, 0.3) is 0 Å². The molecule has 18 heavy (non-hydrogen) atoms. The van der Waals surface area contributed by atoms with Gasteiger partial charge < -0.3 is 5.32 Å². The first-order chi connectivity index (χ1) is 8.72. The molecule has 2 rings (SSSR count). The second-order valence-electron chi connectivity index (χ2n) is 5.38. The maximum atomic E-state index is 4.75. The Bertz CT molecular complexity index is 383. The highest BCUT2D eigenvalue weighted by atomic mass is 14.9. The van der Waals surface area contributed by atoms with Crippen LogP contribution in [-0.2, 0) is 0 Å². The summed E-state index contributed by atoms with van der Waals surface area (Å²) in [5.74, 6) is 1.67. The van der Waals surface area contributed by atoms with Gasteiger partial charge in [0, 0.05) is 29.4 Å². The molecule has 0 aliphatic heterocycles. The summed E-state index contributed by atoms with van der Waals surface area (Å²) in [5.41, 5.74) is 2.37. The predicted molar refractivity (Wildman–Crippen MR) is 74.7 cm³/mol. The molecule has 0 amide bonds. The maximum absolute atomic E-state index is 4.75. The van der Waals surface area contributed by atoms with Gasteiger partial charge in [-0.15, -0.1) is 0 Å². The molecule has 0 spiro atoms. The maximum Gasteiger partial charge on any atom is 0.131 e. The number of aromatic nitrogens is 2. The molecule has 1 fully saturated rings. The van der Waals surface area contributed by atoms with Gasteiger partial charge in [-0.2, -0.15) is 0 Å². The van der Waals surface area contributed by atoms with Crippen LogP contribution < -0.4 is 5.32 Å². The smallest absolute Gasteiger partial charge is 0.131 e. The zero-order valence-corrected chi connectivity index (χ0v) is 11.9. The highest BCUT2D eigenvalue weighted by Gasteiger charge is 2.19. The summed E-state index contributed by atoms with van der Waals surface area (Å²) in [7, 11) is 0. The Morgan fingerprint density at radius 3 is 2.67 bits per heavy atom. The topological polar surface area (TPSA) is 37.8 Å². The van der Waals surface area contributed by atoms with Gasteiger partial charge in [0.1, 0.15) is 5.82 Å². The molecule has 0 radical (unpaired) electrons. The summed E-state index contributed by atoms with van der Waals surface area (Å²) in [6.45, 7) is 7.39. The lowest BCUT2D eigenvalue weighted by molar-refractivity contribution is 0.427. The minimum atomic E-state index is 0.343. The fourth-order valence-electron chi connectivity index (χ4n) is 2.89. The van der Waals surface area contributed by atoms with Crippen LogP contribution in [0.3, 0.4) is 0 Å². The van der Waals surface area contributed by atoms with Crippen molar-refractivity contribution in [1.82, 2.24) is 15.3 Å². The van der Waals surface area contributed by atoms with E-state index >= 15 is 0 Å². The molecular formula is C15H25N3. The Balaban J connectivity index is 2.13. The van der Waals surface area contributed by atoms with Crippen LogP contribution in [0.5, 0.6) is 0 Å². The Morgan fingerprint density at radius 2 is 2.06 bits per heavy atom. The first-order valence-electron chi connectivity index (χ1n) is 7.29. The monoisotopic (exact) mass is 247 g/mol. The number of nitrogens with zero attached hydrogens (tertiary/aromatic N) is 2. The Kier molecular flexibility index (Phi) is 4.70. The Hall–Kier alpha value is -0.960. The van der Waals surface area contributed by atoms with Crippen LogP contribution in [0.1, 0.15) is 75.0 Å². The van der Waals surface area contributed by atoms with Crippen LogP contribution in [0.4, 0.5) is 0 Å². The lowest BCUT2D eigenvalue weighted by Crippen LogP contribution is -2.20. The number of hydrogen-bond acceptors (Lipinski definition) is 3. The molecule has 1 heterocycles. The van der Waals surface area contributed by atoms with Gasteiger partial charge >= 0.3 is 0 Å². The number of nitrogens with one attached hydrogen (secondary N) is 1. The van der Waals surface area contributed by atoms with Crippen LogP contribution >= 0.6 is 0 Å². The average molecular weight is 247 g/mol. The molecule has 100 valence electrons. The van der Waals surface area contributed by atoms with Gasteiger partial charge in [-0.3, -0.25) is 0 Å².